The fraction of sp³-hybridized carbons (Fsp3) is 0.471. The predicted octanol–water partition coefficient (Wildman–Crippen LogP) is 4.26. The van der Waals surface area contributed by atoms with Gasteiger partial charge in [0.2, 0.25) is 0 Å². The SMILES string of the molecule is Cc1cc(-n2c(C)cc3c2CC(C)(C)CC3O)ncc1Br. The number of halogens is 1. The minimum atomic E-state index is -0.375. The maximum atomic E-state index is 10.4. The summed E-state index contributed by atoms with van der Waals surface area (Å²) >= 11 is 3.50. The van der Waals surface area contributed by atoms with Crippen molar-refractivity contribution in [3.05, 3.63) is 45.3 Å². The predicted molar refractivity (Wildman–Crippen MR) is 87.8 cm³/mol. The third kappa shape index (κ3) is 2.55. The average molecular weight is 349 g/mol. The van der Waals surface area contributed by atoms with Gasteiger partial charge >= 0.3 is 0 Å². The number of hydrogen-bond donors (Lipinski definition) is 1. The number of aryl methyl sites for hydroxylation is 2. The van der Waals surface area contributed by atoms with Crippen LogP contribution >= 0.6 is 15.9 Å². The number of aliphatic hydroxyl groups excluding tert-OH is 1. The Labute approximate surface area is 134 Å². The van der Waals surface area contributed by atoms with Crippen LogP contribution < -0.4 is 0 Å². The molecule has 0 radical (unpaired) electrons. The molecule has 0 bridgehead atoms. The smallest absolute Gasteiger partial charge is 0.137 e. The second kappa shape index (κ2) is 4.96. The van der Waals surface area contributed by atoms with Crippen molar-refractivity contribution in [2.75, 3.05) is 0 Å². The molecule has 4 heteroatoms. The van der Waals surface area contributed by atoms with Gasteiger partial charge in [-0.25, -0.2) is 4.98 Å². The standard InChI is InChI=1S/C17H21BrN2O/c1-10-5-16(19-9-13(10)18)20-11(2)6-12-14(20)7-17(3,4)8-15(12)21/h5-6,9,15,21H,7-8H2,1-4H3. The van der Waals surface area contributed by atoms with Gasteiger partial charge in [-0.3, -0.25) is 0 Å². The quantitative estimate of drug-likeness (QED) is 0.836. The lowest BCUT2D eigenvalue weighted by Gasteiger charge is -2.33. The molecule has 112 valence electrons. The number of fused-ring (bicyclic) bond motifs is 1. The van der Waals surface area contributed by atoms with Crippen LogP contribution in [0.25, 0.3) is 5.82 Å². The number of aliphatic hydroxyl groups is 1. The fourth-order valence-electron chi connectivity index (χ4n) is 3.31. The Morgan fingerprint density at radius 1 is 1.33 bits per heavy atom. The topological polar surface area (TPSA) is 38.0 Å². The van der Waals surface area contributed by atoms with Crippen LogP contribution in [0.5, 0.6) is 0 Å². The molecule has 1 unspecified atom stereocenters. The first-order valence-electron chi connectivity index (χ1n) is 7.30. The monoisotopic (exact) mass is 348 g/mol. The largest absolute Gasteiger partial charge is 0.388 e. The molecule has 0 aromatic carbocycles. The van der Waals surface area contributed by atoms with Crippen molar-refractivity contribution in [3.63, 3.8) is 0 Å². The van der Waals surface area contributed by atoms with Gasteiger partial charge in [0, 0.05) is 27.6 Å². The summed E-state index contributed by atoms with van der Waals surface area (Å²) in [6.07, 6.45) is 3.25. The molecule has 0 aliphatic heterocycles. The van der Waals surface area contributed by atoms with Crippen LogP contribution in [0.2, 0.25) is 0 Å². The molecule has 1 aliphatic rings. The van der Waals surface area contributed by atoms with Crippen LogP contribution in [0, 0.1) is 19.3 Å². The molecule has 3 nitrogen and oxygen atoms in total. The lowest BCUT2D eigenvalue weighted by Crippen LogP contribution is -2.26. The summed E-state index contributed by atoms with van der Waals surface area (Å²) in [7, 11) is 0. The van der Waals surface area contributed by atoms with Gasteiger partial charge in [-0.1, -0.05) is 13.8 Å². The van der Waals surface area contributed by atoms with E-state index in [1.807, 2.05) is 6.20 Å². The Balaban J connectivity index is 2.18. The summed E-state index contributed by atoms with van der Waals surface area (Å²) in [5.41, 5.74) is 4.67. The number of rotatable bonds is 1. The van der Waals surface area contributed by atoms with Crippen LogP contribution in [-0.4, -0.2) is 14.7 Å². The van der Waals surface area contributed by atoms with Gasteiger partial charge in [-0.2, -0.15) is 0 Å². The third-order valence-electron chi connectivity index (χ3n) is 4.33. The number of nitrogens with zero attached hydrogens (tertiary/aromatic N) is 2. The Hall–Kier alpha value is -1.13. The van der Waals surface area contributed by atoms with Gasteiger partial charge in [0.15, 0.2) is 0 Å². The van der Waals surface area contributed by atoms with Crippen molar-refractivity contribution in [2.24, 2.45) is 5.41 Å². The molecule has 0 fully saturated rings. The van der Waals surface area contributed by atoms with Gasteiger partial charge in [0.25, 0.3) is 0 Å². The highest BCUT2D eigenvalue weighted by molar-refractivity contribution is 9.10. The van der Waals surface area contributed by atoms with E-state index in [0.29, 0.717) is 0 Å². The summed E-state index contributed by atoms with van der Waals surface area (Å²) in [6, 6.07) is 4.19. The maximum absolute atomic E-state index is 10.4. The Kier molecular flexibility index (Phi) is 3.49. The van der Waals surface area contributed by atoms with Gasteiger partial charge in [0.05, 0.1) is 6.10 Å². The van der Waals surface area contributed by atoms with Crippen LogP contribution in [0.4, 0.5) is 0 Å². The van der Waals surface area contributed by atoms with Gasteiger partial charge in [-0.15, -0.1) is 0 Å². The van der Waals surface area contributed by atoms with Crippen LogP contribution in [0.3, 0.4) is 0 Å². The molecule has 1 N–H and O–H groups in total. The molecular weight excluding hydrogens is 328 g/mol. The van der Waals surface area contributed by atoms with E-state index in [0.717, 1.165) is 40.0 Å². The van der Waals surface area contributed by atoms with Crippen molar-refractivity contribution in [1.29, 1.82) is 0 Å². The van der Waals surface area contributed by atoms with E-state index in [1.54, 1.807) is 0 Å². The lowest BCUT2D eigenvalue weighted by molar-refractivity contribution is 0.0986. The third-order valence-corrected chi connectivity index (χ3v) is 5.16. The normalized spacial score (nSPS) is 20.4. The van der Waals surface area contributed by atoms with E-state index in [9.17, 15) is 5.11 Å². The van der Waals surface area contributed by atoms with Gasteiger partial charge < -0.3 is 9.67 Å². The fourth-order valence-corrected chi connectivity index (χ4v) is 3.53. The summed E-state index contributed by atoms with van der Waals surface area (Å²) in [5.74, 6) is 0.930. The molecule has 2 aromatic rings. The molecule has 0 saturated carbocycles. The lowest BCUT2D eigenvalue weighted by atomic mass is 9.75. The van der Waals surface area contributed by atoms with Crippen molar-refractivity contribution in [2.45, 2.75) is 46.6 Å². The molecule has 21 heavy (non-hydrogen) atoms. The highest BCUT2D eigenvalue weighted by atomic mass is 79.9. The van der Waals surface area contributed by atoms with E-state index < -0.39 is 0 Å². The second-order valence-corrected chi connectivity index (χ2v) is 7.73. The van der Waals surface area contributed by atoms with E-state index in [4.69, 9.17) is 0 Å². The second-order valence-electron chi connectivity index (χ2n) is 6.88. The molecule has 3 rings (SSSR count). The van der Waals surface area contributed by atoms with E-state index >= 15 is 0 Å². The Morgan fingerprint density at radius 2 is 2.05 bits per heavy atom. The van der Waals surface area contributed by atoms with Crippen molar-refractivity contribution < 1.29 is 5.11 Å². The molecular formula is C17H21BrN2O. The van der Waals surface area contributed by atoms with Gasteiger partial charge in [-0.05, 0) is 65.7 Å². The van der Waals surface area contributed by atoms with Crippen LogP contribution in [0.1, 0.15) is 48.9 Å². The maximum Gasteiger partial charge on any atom is 0.137 e. The molecule has 0 amide bonds. The highest BCUT2D eigenvalue weighted by Crippen LogP contribution is 2.42. The number of hydrogen-bond acceptors (Lipinski definition) is 2. The van der Waals surface area contributed by atoms with E-state index in [-0.39, 0.29) is 11.5 Å². The van der Waals surface area contributed by atoms with Crippen LogP contribution in [-0.2, 0) is 6.42 Å². The summed E-state index contributed by atoms with van der Waals surface area (Å²) in [4.78, 5) is 4.56. The molecule has 1 atom stereocenters. The minimum absolute atomic E-state index is 0.110. The zero-order valence-corrected chi connectivity index (χ0v) is 14.5. The first-order valence-corrected chi connectivity index (χ1v) is 8.09. The number of aromatic nitrogens is 2. The summed E-state index contributed by atoms with van der Waals surface area (Å²) in [6.45, 7) is 8.58. The Morgan fingerprint density at radius 3 is 2.71 bits per heavy atom. The Bertz CT molecular complexity index is 703. The first-order chi connectivity index (χ1) is 9.78. The zero-order valence-electron chi connectivity index (χ0n) is 12.9. The molecule has 2 heterocycles. The first kappa shape index (κ1) is 14.8. The highest BCUT2D eigenvalue weighted by Gasteiger charge is 2.34. The summed E-state index contributed by atoms with van der Waals surface area (Å²) < 4.78 is 3.21. The van der Waals surface area contributed by atoms with Crippen molar-refractivity contribution >= 4 is 15.9 Å². The molecule has 1 aliphatic carbocycles. The molecule has 2 aromatic heterocycles. The minimum Gasteiger partial charge on any atom is -0.388 e. The molecule has 0 saturated heterocycles. The summed E-state index contributed by atoms with van der Waals surface area (Å²) in [5, 5.41) is 10.4. The average Bonchev–Trinajstić information content (AvgIpc) is 2.68. The van der Waals surface area contributed by atoms with Crippen LogP contribution in [0.15, 0.2) is 22.8 Å². The van der Waals surface area contributed by atoms with Gasteiger partial charge in [0.1, 0.15) is 5.82 Å². The molecule has 0 spiro atoms. The number of pyridine rings is 1. The van der Waals surface area contributed by atoms with Crippen molar-refractivity contribution in [3.8, 4) is 5.82 Å². The van der Waals surface area contributed by atoms with E-state index in [2.05, 4.69) is 65.3 Å². The van der Waals surface area contributed by atoms with Crippen molar-refractivity contribution in [1.82, 2.24) is 9.55 Å². The van der Waals surface area contributed by atoms with E-state index in [1.165, 1.54) is 5.69 Å². The zero-order chi connectivity index (χ0) is 15.4.